The molecular weight excluding hydrogens is 897 g/mol. The lowest BCUT2D eigenvalue weighted by atomic mass is 9.99. The Morgan fingerprint density at radius 3 is 1.66 bits per heavy atom. The standard InChI is InChI=1S/C53H58F8N2O5/c1-6-8-9-12-36-16-22-43(49(32-36)68-53(59,60)61)47-34-40-31-38(18-24-45(40)63(47)5)15-20-41(65-27-10-25-51(54,55)26-11-28-66-50(64)7-2)19-14-37-17-23-44-39(30-37)33-46(62(44)4)42-21-13-35(3)29-48(42)67-52(56,57)58/h7,13,16-18,21-24,29-34,41H,2,6,8-12,14-15,19-20,25-28H2,1,3-5H3. The number of hydrogen-bond donors (Lipinski definition) is 0. The van der Waals surface area contributed by atoms with E-state index in [1.54, 1.807) is 39.2 Å². The Bertz CT molecular complexity index is 2660. The van der Waals surface area contributed by atoms with E-state index >= 15 is 0 Å². The van der Waals surface area contributed by atoms with Gasteiger partial charge in [-0.3, -0.25) is 0 Å². The third-order valence-electron chi connectivity index (χ3n) is 12.1. The summed E-state index contributed by atoms with van der Waals surface area (Å²) < 4.78 is 134. The first-order chi connectivity index (χ1) is 32.2. The van der Waals surface area contributed by atoms with Crippen LogP contribution in [-0.2, 0) is 47.6 Å². The fraction of sp³-hybridized carbons (Fsp3) is 0.415. The Kier molecular flexibility index (Phi) is 17.1. The monoisotopic (exact) mass is 954 g/mol. The number of alkyl halides is 8. The molecule has 0 aliphatic heterocycles. The van der Waals surface area contributed by atoms with Gasteiger partial charge in [0.2, 0.25) is 5.92 Å². The van der Waals surface area contributed by atoms with E-state index in [0.717, 1.165) is 63.8 Å². The zero-order valence-electron chi connectivity index (χ0n) is 38.8. The van der Waals surface area contributed by atoms with Crippen LogP contribution in [0.25, 0.3) is 44.3 Å². The summed E-state index contributed by atoms with van der Waals surface area (Å²) in [5, 5.41) is 1.63. The minimum atomic E-state index is -4.88. The van der Waals surface area contributed by atoms with Crippen LogP contribution in [0.2, 0.25) is 0 Å². The quantitative estimate of drug-likeness (QED) is 0.0262. The van der Waals surface area contributed by atoms with Crippen molar-refractivity contribution in [2.75, 3.05) is 13.2 Å². The van der Waals surface area contributed by atoms with Crippen molar-refractivity contribution in [1.29, 1.82) is 0 Å². The third-order valence-corrected chi connectivity index (χ3v) is 12.1. The molecule has 6 aromatic rings. The lowest BCUT2D eigenvalue weighted by Crippen LogP contribution is -2.20. The van der Waals surface area contributed by atoms with E-state index < -0.39 is 37.5 Å². The molecule has 0 bridgehead atoms. The molecule has 4 aromatic carbocycles. The first-order valence-corrected chi connectivity index (χ1v) is 22.9. The van der Waals surface area contributed by atoms with Crippen LogP contribution in [0.5, 0.6) is 11.5 Å². The van der Waals surface area contributed by atoms with Crippen LogP contribution in [0.3, 0.4) is 0 Å². The first-order valence-electron chi connectivity index (χ1n) is 22.9. The largest absolute Gasteiger partial charge is 0.573 e. The Labute approximate surface area is 391 Å². The number of carbonyl (C=O) groups is 1. The van der Waals surface area contributed by atoms with Crippen molar-refractivity contribution < 1.29 is 58.9 Å². The molecule has 2 heterocycles. The second kappa shape index (κ2) is 22.5. The highest BCUT2D eigenvalue weighted by Gasteiger charge is 2.34. The Hall–Kier alpha value is -5.83. The first kappa shape index (κ1) is 51.6. The number of rotatable bonds is 24. The van der Waals surface area contributed by atoms with Crippen molar-refractivity contribution in [2.24, 2.45) is 14.1 Å². The molecule has 68 heavy (non-hydrogen) atoms. The van der Waals surface area contributed by atoms with Crippen molar-refractivity contribution in [3.05, 3.63) is 120 Å². The molecule has 0 N–H and O–H groups in total. The van der Waals surface area contributed by atoms with Gasteiger partial charge in [0.05, 0.1) is 24.1 Å². The third kappa shape index (κ3) is 14.3. The van der Waals surface area contributed by atoms with Gasteiger partial charge in [0, 0.05) is 72.6 Å². The van der Waals surface area contributed by atoms with Crippen molar-refractivity contribution in [3.8, 4) is 34.0 Å². The van der Waals surface area contributed by atoms with E-state index in [0.29, 0.717) is 60.2 Å². The van der Waals surface area contributed by atoms with E-state index in [1.807, 2.05) is 63.7 Å². The number of nitrogens with zero attached hydrogens (tertiary/aromatic N) is 2. The summed E-state index contributed by atoms with van der Waals surface area (Å²) in [6.07, 6.45) is -4.27. The number of ether oxygens (including phenoxy) is 4. The number of aromatic nitrogens is 2. The predicted octanol–water partition coefficient (Wildman–Crippen LogP) is 14.7. The van der Waals surface area contributed by atoms with Crippen LogP contribution in [0.4, 0.5) is 35.1 Å². The molecule has 1 atom stereocenters. The van der Waals surface area contributed by atoms with E-state index in [9.17, 15) is 39.9 Å². The fourth-order valence-electron chi connectivity index (χ4n) is 8.63. The van der Waals surface area contributed by atoms with Crippen LogP contribution in [-0.4, -0.2) is 53.1 Å². The van der Waals surface area contributed by atoms with Gasteiger partial charge in [-0.1, -0.05) is 50.6 Å². The van der Waals surface area contributed by atoms with Crippen LogP contribution in [0, 0.1) is 6.92 Å². The molecule has 0 spiro atoms. The number of benzene rings is 4. The maximum atomic E-state index is 14.8. The molecular formula is C53H58F8N2O5. The van der Waals surface area contributed by atoms with Gasteiger partial charge in [-0.25, -0.2) is 13.6 Å². The second-order valence-electron chi connectivity index (χ2n) is 17.4. The minimum Gasteiger partial charge on any atom is -0.463 e. The topological polar surface area (TPSA) is 63.9 Å². The van der Waals surface area contributed by atoms with Crippen LogP contribution in [0.1, 0.15) is 87.0 Å². The predicted molar refractivity (Wildman–Crippen MR) is 249 cm³/mol. The van der Waals surface area contributed by atoms with Gasteiger partial charge in [0.25, 0.3) is 0 Å². The van der Waals surface area contributed by atoms with E-state index in [-0.39, 0.29) is 43.7 Å². The molecule has 0 fully saturated rings. The fourth-order valence-corrected chi connectivity index (χ4v) is 8.63. The molecule has 0 amide bonds. The Morgan fingerprint density at radius 2 is 1.13 bits per heavy atom. The zero-order valence-corrected chi connectivity index (χ0v) is 38.8. The average molecular weight is 955 g/mol. The number of halogens is 8. The summed E-state index contributed by atoms with van der Waals surface area (Å²) in [5.74, 6) is -4.21. The van der Waals surface area contributed by atoms with Gasteiger partial charge in [0.1, 0.15) is 11.5 Å². The smallest absolute Gasteiger partial charge is 0.463 e. The summed E-state index contributed by atoms with van der Waals surface area (Å²) in [4.78, 5) is 11.3. The van der Waals surface area contributed by atoms with E-state index in [1.165, 1.54) is 12.1 Å². The molecule has 0 radical (unpaired) electrons. The Balaban J connectivity index is 1.19. The van der Waals surface area contributed by atoms with Crippen LogP contribution >= 0.6 is 0 Å². The van der Waals surface area contributed by atoms with Gasteiger partial charge < -0.3 is 28.1 Å². The van der Waals surface area contributed by atoms with Crippen molar-refractivity contribution in [1.82, 2.24) is 9.13 Å². The number of unbranched alkanes of at least 4 members (excludes halogenated alkanes) is 2. The maximum Gasteiger partial charge on any atom is 0.573 e. The van der Waals surface area contributed by atoms with Crippen molar-refractivity contribution in [2.45, 2.75) is 116 Å². The number of hydrogen-bond acceptors (Lipinski definition) is 5. The lowest BCUT2D eigenvalue weighted by Gasteiger charge is -2.20. The molecule has 6 rings (SSSR count). The minimum absolute atomic E-state index is 0.00200. The van der Waals surface area contributed by atoms with Gasteiger partial charge in [-0.15, -0.1) is 26.3 Å². The normalized spacial score (nSPS) is 12.8. The maximum absolute atomic E-state index is 14.8. The number of aryl methyl sites for hydroxylation is 6. The SMILES string of the molecule is C=CC(=O)OCCCC(F)(F)CCCOC(CCc1ccc2c(c1)cc(-c1ccc(C)cc1OC(F)(F)F)n2C)CCc1ccc2c(c1)cc(-c1ccc(CCCCC)cc1OC(F)(F)F)n2C. The van der Waals surface area contributed by atoms with Gasteiger partial charge >= 0.3 is 18.7 Å². The van der Waals surface area contributed by atoms with Gasteiger partial charge in [0.15, 0.2) is 0 Å². The van der Waals surface area contributed by atoms with Crippen molar-refractivity contribution in [3.63, 3.8) is 0 Å². The molecule has 2 aromatic heterocycles. The van der Waals surface area contributed by atoms with Crippen LogP contribution < -0.4 is 9.47 Å². The number of esters is 1. The molecule has 366 valence electrons. The zero-order chi connectivity index (χ0) is 49.2. The summed E-state index contributed by atoms with van der Waals surface area (Å²) >= 11 is 0. The van der Waals surface area contributed by atoms with Crippen LogP contribution in [0.15, 0.2) is 97.6 Å². The molecule has 1 unspecified atom stereocenters. The highest BCUT2D eigenvalue weighted by molar-refractivity contribution is 5.90. The highest BCUT2D eigenvalue weighted by atomic mass is 19.4. The number of fused-ring (bicyclic) bond motifs is 2. The van der Waals surface area contributed by atoms with Crippen molar-refractivity contribution >= 4 is 27.8 Å². The second-order valence-corrected chi connectivity index (χ2v) is 17.4. The lowest BCUT2D eigenvalue weighted by molar-refractivity contribution is -0.275. The highest BCUT2D eigenvalue weighted by Crippen LogP contribution is 2.40. The van der Waals surface area contributed by atoms with Gasteiger partial charge in [-0.2, -0.15) is 0 Å². The summed E-state index contributed by atoms with van der Waals surface area (Å²) in [7, 11) is 3.57. The summed E-state index contributed by atoms with van der Waals surface area (Å²) in [5.41, 5.74) is 6.61. The molecule has 0 saturated carbocycles. The molecule has 15 heteroatoms. The molecule has 0 saturated heterocycles. The molecule has 0 aliphatic carbocycles. The average Bonchev–Trinajstić information content (AvgIpc) is 3.77. The number of carbonyl (C=O) groups excluding carboxylic acids is 1. The Morgan fingerprint density at radius 1 is 0.632 bits per heavy atom. The molecule has 7 nitrogen and oxygen atoms in total. The summed E-state index contributed by atoms with van der Waals surface area (Å²) in [6.45, 7) is 6.99. The summed E-state index contributed by atoms with van der Waals surface area (Å²) in [6, 6.07) is 25.1. The van der Waals surface area contributed by atoms with Gasteiger partial charge in [-0.05, 0) is 141 Å². The van der Waals surface area contributed by atoms with E-state index in [2.05, 4.69) is 23.0 Å². The molecule has 0 aliphatic rings. The van der Waals surface area contributed by atoms with E-state index in [4.69, 9.17) is 9.47 Å².